The number of carbonyl (C=O) groups is 2. The van der Waals surface area contributed by atoms with E-state index in [0.717, 1.165) is 0 Å². The fourth-order valence-electron chi connectivity index (χ4n) is 1.91. The van der Waals surface area contributed by atoms with Crippen LogP contribution in [0.1, 0.15) is 27.2 Å². The molecule has 6 nitrogen and oxygen atoms in total. The van der Waals surface area contributed by atoms with Crippen LogP contribution in [0.2, 0.25) is 0 Å². The molecule has 1 saturated heterocycles. The first-order valence-electron chi connectivity index (χ1n) is 6.21. The summed E-state index contributed by atoms with van der Waals surface area (Å²) in [6.07, 6.45) is -0.349. The Labute approximate surface area is 117 Å². The fourth-order valence-corrected chi connectivity index (χ4v) is 3.18. The first-order chi connectivity index (χ1) is 8.67. The van der Waals surface area contributed by atoms with E-state index in [1.54, 1.807) is 20.8 Å². The van der Waals surface area contributed by atoms with Gasteiger partial charge >= 0.3 is 12.1 Å². The number of hydrogen-bond acceptors (Lipinski definition) is 5. The van der Waals surface area contributed by atoms with Crippen molar-refractivity contribution >= 4 is 23.8 Å². The lowest BCUT2D eigenvalue weighted by Crippen LogP contribution is -2.63. The van der Waals surface area contributed by atoms with Gasteiger partial charge in [-0.25, -0.2) is 4.79 Å². The Morgan fingerprint density at radius 1 is 1.42 bits per heavy atom. The number of carbonyl (C=O) groups excluding carboxylic acids is 1. The molecule has 1 rings (SSSR count). The van der Waals surface area contributed by atoms with Crippen molar-refractivity contribution in [2.75, 3.05) is 25.4 Å². The monoisotopic (exact) mass is 290 g/mol. The molecule has 0 aromatic heterocycles. The van der Waals surface area contributed by atoms with Crippen molar-refractivity contribution in [3.05, 3.63) is 0 Å². The lowest BCUT2D eigenvalue weighted by Gasteiger charge is -2.48. The van der Waals surface area contributed by atoms with Gasteiger partial charge in [0.05, 0.1) is 11.2 Å². The Kier molecular flexibility index (Phi) is 5.09. The summed E-state index contributed by atoms with van der Waals surface area (Å²) in [5.41, 5.74) is 4.91. The molecule has 19 heavy (non-hydrogen) atoms. The maximum absolute atomic E-state index is 11.8. The number of carboxylic acids is 1. The third-order valence-electron chi connectivity index (χ3n) is 2.61. The van der Waals surface area contributed by atoms with Crippen molar-refractivity contribution in [3.8, 4) is 0 Å². The summed E-state index contributed by atoms with van der Waals surface area (Å²) >= 11 is 1.52. The van der Waals surface area contributed by atoms with E-state index in [2.05, 4.69) is 0 Å². The largest absolute Gasteiger partial charge is 0.481 e. The van der Waals surface area contributed by atoms with Gasteiger partial charge in [0.2, 0.25) is 0 Å². The van der Waals surface area contributed by atoms with Gasteiger partial charge in [0, 0.05) is 25.4 Å². The van der Waals surface area contributed by atoms with Gasteiger partial charge < -0.3 is 20.5 Å². The van der Waals surface area contributed by atoms with E-state index in [-0.39, 0.29) is 12.5 Å². The van der Waals surface area contributed by atoms with Crippen LogP contribution in [0.15, 0.2) is 0 Å². The van der Waals surface area contributed by atoms with Crippen molar-refractivity contribution in [1.29, 1.82) is 0 Å². The minimum atomic E-state index is -0.853. The second-order valence-electron chi connectivity index (χ2n) is 5.73. The lowest BCUT2D eigenvalue weighted by molar-refractivity contribution is -0.138. The molecule has 0 saturated carbocycles. The number of rotatable bonds is 5. The van der Waals surface area contributed by atoms with Crippen LogP contribution in [0.4, 0.5) is 4.79 Å². The van der Waals surface area contributed by atoms with Gasteiger partial charge in [-0.3, -0.25) is 4.79 Å². The topological polar surface area (TPSA) is 92.9 Å². The number of nitrogens with two attached hydrogens (primary N) is 1. The van der Waals surface area contributed by atoms with Crippen molar-refractivity contribution in [1.82, 2.24) is 4.90 Å². The standard InChI is InChI=1S/C12H22N2O4S/c1-11(2,3)18-10(17)14-7-12(8-14,6-9(15)16)19-5-4-13/h4-8,13H2,1-3H3,(H,15,16). The maximum Gasteiger partial charge on any atom is 0.410 e. The van der Waals surface area contributed by atoms with Gasteiger partial charge in [-0.15, -0.1) is 11.8 Å². The SMILES string of the molecule is CC(C)(C)OC(=O)N1CC(CC(=O)O)(SCCN)C1. The molecule has 0 aromatic rings. The van der Waals surface area contributed by atoms with Gasteiger partial charge in [0.25, 0.3) is 0 Å². The van der Waals surface area contributed by atoms with Crippen LogP contribution in [0.25, 0.3) is 0 Å². The maximum atomic E-state index is 11.8. The van der Waals surface area contributed by atoms with Gasteiger partial charge in [-0.1, -0.05) is 0 Å². The third-order valence-corrected chi connectivity index (χ3v) is 4.06. The van der Waals surface area contributed by atoms with E-state index in [4.69, 9.17) is 15.6 Å². The van der Waals surface area contributed by atoms with Crippen LogP contribution in [-0.2, 0) is 9.53 Å². The molecule has 3 N–H and O–H groups in total. The van der Waals surface area contributed by atoms with Gasteiger partial charge in [-0.05, 0) is 20.8 Å². The Bertz CT molecular complexity index is 348. The summed E-state index contributed by atoms with van der Waals surface area (Å²) in [4.78, 5) is 24.2. The van der Waals surface area contributed by atoms with Crippen molar-refractivity contribution < 1.29 is 19.4 Å². The Hall–Kier alpha value is -0.950. The minimum absolute atomic E-state index is 0.0387. The van der Waals surface area contributed by atoms with E-state index in [0.29, 0.717) is 25.4 Å². The molecule has 7 heteroatoms. The minimum Gasteiger partial charge on any atom is -0.481 e. The predicted molar refractivity (Wildman–Crippen MR) is 74.3 cm³/mol. The zero-order chi connectivity index (χ0) is 14.7. The number of ether oxygens (including phenoxy) is 1. The first kappa shape index (κ1) is 16.1. The van der Waals surface area contributed by atoms with Gasteiger partial charge in [-0.2, -0.15) is 0 Å². The van der Waals surface area contributed by atoms with Crippen molar-refractivity contribution in [3.63, 3.8) is 0 Å². The number of carboxylic acid groups (broad SMARTS) is 1. The van der Waals surface area contributed by atoms with E-state index in [1.165, 1.54) is 16.7 Å². The Balaban J connectivity index is 2.53. The van der Waals surface area contributed by atoms with Crippen LogP contribution in [0.3, 0.4) is 0 Å². The number of likely N-dealkylation sites (tertiary alicyclic amines) is 1. The van der Waals surface area contributed by atoms with Crippen molar-refractivity contribution in [2.45, 2.75) is 37.5 Å². The third kappa shape index (κ3) is 4.91. The molecular formula is C12H22N2O4S. The molecule has 0 atom stereocenters. The normalized spacial score (nSPS) is 17.8. The smallest absolute Gasteiger partial charge is 0.410 e. The highest BCUT2D eigenvalue weighted by molar-refractivity contribution is 8.00. The molecule has 0 aliphatic carbocycles. The van der Waals surface area contributed by atoms with Gasteiger partial charge in [0.1, 0.15) is 5.60 Å². The summed E-state index contributed by atoms with van der Waals surface area (Å²) in [7, 11) is 0. The highest BCUT2D eigenvalue weighted by Gasteiger charge is 2.48. The molecule has 1 aliphatic heterocycles. The van der Waals surface area contributed by atoms with E-state index < -0.39 is 16.3 Å². The number of aliphatic carboxylic acids is 1. The highest BCUT2D eigenvalue weighted by atomic mass is 32.2. The summed E-state index contributed by atoms with van der Waals surface area (Å²) < 4.78 is 4.84. The van der Waals surface area contributed by atoms with Gasteiger partial charge in [0.15, 0.2) is 0 Å². The number of nitrogens with zero attached hydrogens (tertiary/aromatic N) is 1. The molecule has 1 aliphatic rings. The molecular weight excluding hydrogens is 268 g/mol. The van der Waals surface area contributed by atoms with Crippen LogP contribution in [0, 0.1) is 0 Å². The summed E-state index contributed by atoms with van der Waals surface area (Å²) in [5, 5.41) is 8.95. The molecule has 0 radical (unpaired) electrons. The number of amides is 1. The van der Waals surface area contributed by atoms with Crippen LogP contribution < -0.4 is 5.73 Å². The number of hydrogen-bond donors (Lipinski definition) is 2. The molecule has 0 bridgehead atoms. The highest BCUT2D eigenvalue weighted by Crippen LogP contribution is 2.38. The van der Waals surface area contributed by atoms with E-state index >= 15 is 0 Å². The molecule has 110 valence electrons. The second-order valence-corrected chi connectivity index (χ2v) is 7.29. The predicted octanol–water partition coefficient (Wildman–Crippen LogP) is 1.14. The average Bonchev–Trinajstić information content (AvgIpc) is 2.17. The molecule has 0 aromatic carbocycles. The van der Waals surface area contributed by atoms with Crippen LogP contribution in [0.5, 0.6) is 0 Å². The zero-order valence-electron chi connectivity index (χ0n) is 11.6. The molecule has 1 heterocycles. The van der Waals surface area contributed by atoms with Crippen LogP contribution >= 0.6 is 11.8 Å². The van der Waals surface area contributed by atoms with Crippen molar-refractivity contribution in [2.24, 2.45) is 5.73 Å². The molecule has 1 amide bonds. The quantitative estimate of drug-likeness (QED) is 0.789. The van der Waals surface area contributed by atoms with E-state index in [9.17, 15) is 9.59 Å². The summed E-state index contributed by atoms with van der Waals surface area (Å²) in [6, 6.07) is 0. The summed E-state index contributed by atoms with van der Waals surface area (Å²) in [6.45, 7) is 6.71. The average molecular weight is 290 g/mol. The first-order valence-corrected chi connectivity index (χ1v) is 7.20. The number of thioether (sulfide) groups is 1. The second kappa shape index (κ2) is 6.00. The Morgan fingerprint density at radius 2 is 2.00 bits per heavy atom. The van der Waals surface area contributed by atoms with Crippen LogP contribution in [-0.4, -0.2) is 57.8 Å². The Morgan fingerprint density at radius 3 is 2.42 bits per heavy atom. The molecule has 0 unspecified atom stereocenters. The zero-order valence-corrected chi connectivity index (χ0v) is 12.5. The molecule has 0 spiro atoms. The lowest BCUT2D eigenvalue weighted by atomic mass is 9.95. The van der Waals surface area contributed by atoms with E-state index in [1.807, 2.05) is 0 Å². The summed E-state index contributed by atoms with van der Waals surface area (Å²) in [5.74, 6) is -0.163. The fraction of sp³-hybridized carbons (Fsp3) is 0.833. The molecule has 1 fully saturated rings.